The quantitative estimate of drug-likeness (QED) is 0.689. The van der Waals surface area contributed by atoms with Crippen LogP contribution in [0.3, 0.4) is 0 Å². The summed E-state index contributed by atoms with van der Waals surface area (Å²) in [5.41, 5.74) is 7.27. The first kappa shape index (κ1) is 15.7. The van der Waals surface area contributed by atoms with E-state index in [1.54, 1.807) is 0 Å². The van der Waals surface area contributed by atoms with Gasteiger partial charge in [0.25, 0.3) is 0 Å². The highest BCUT2D eigenvalue weighted by atomic mass is 14.6. The van der Waals surface area contributed by atoms with E-state index in [1.807, 2.05) is 25.1 Å². The van der Waals surface area contributed by atoms with Crippen molar-refractivity contribution in [2.24, 2.45) is 0 Å². The third-order valence-electron chi connectivity index (χ3n) is 6.34. The van der Waals surface area contributed by atoms with Gasteiger partial charge in [-0.15, -0.1) is 0 Å². The van der Waals surface area contributed by atoms with Crippen LogP contribution in [0, 0.1) is 29.6 Å². The number of nitriles is 2. The molecule has 0 aliphatic heterocycles. The maximum Gasteiger partial charge on any atom is 0.111 e. The molecule has 122 valence electrons. The molecule has 0 fully saturated rings. The lowest BCUT2D eigenvalue weighted by molar-refractivity contribution is 0.519. The van der Waals surface area contributed by atoms with E-state index in [0.717, 1.165) is 28.7 Å². The van der Waals surface area contributed by atoms with Crippen molar-refractivity contribution in [3.8, 4) is 12.1 Å². The Bertz CT molecular complexity index is 985. The summed E-state index contributed by atoms with van der Waals surface area (Å²) in [7, 11) is 0. The van der Waals surface area contributed by atoms with Crippen molar-refractivity contribution in [3.05, 3.63) is 81.4 Å². The number of rotatable bonds is 1. The maximum absolute atomic E-state index is 10.4. The second-order valence-corrected chi connectivity index (χ2v) is 7.28. The van der Waals surface area contributed by atoms with Gasteiger partial charge in [-0.2, -0.15) is 10.5 Å². The Kier molecular flexibility index (Phi) is 3.34. The van der Waals surface area contributed by atoms with Crippen LogP contribution < -0.4 is 0 Å². The second-order valence-electron chi connectivity index (χ2n) is 7.28. The van der Waals surface area contributed by atoms with Gasteiger partial charge in [-0.1, -0.05) is 48.0 Å². The van der Waals surface area contributed by atoms with E-state index in [9.17, 15) is 10.5 Å². The van der Waals surface area contributed by atoms with Crippen LogP contribution in [0.25, 0.3) is 0 Å². The Labute approximate surface area is 149 Å². The lowest BCUT2D eigenvalue weighted by Gasteiger charge is -2.39. The highest BCUT2D eigenvalue weighted by molar-refractivity contribution is 5.67. The Balaban J connectivity index is 2.10. The first-order chi connectivity index (χ1) is 12.1. The molecule has 2 aliphatic rings. The summed E-state index contributed by atoms with van der Waals surface area (Å²) in [6, 6.07) is 19.7. The minimum absolute atomic E-state index is 0.100. The molecule has 2 nitrogen and oxygen atoms in total. The van der Waals surface area contributed by atoms with Crippen LogP contribution in [0.2, 0.25) is 0 Å². The lowest BCUT2D eigenvalue weighted by Crippen LogP contribution is -2.35. The van der Waals surface area contributed by atoms with E-state index >= 15 is 0 Å². The maximum atomic E-state index is 10.4. The first-order valence-corrected chi connectivity index (χ1v) is 8.72. The Morgan fingerprint density at radius 3 is 2.36 bits per heavy atom. The molecule has 2 aliphatic carbocycles. The molecular formula is C23H20N2. The zero-order valence-electron chi connectivity index (χ0n) is 14.8. The van der Waals surface area contributed by atoms with Gasteiger partial charge < -0.3 is 0 Å². The molecular weight excluding hydrogens is 304 g/mol. The molecule has 0 spiro atoms. The van der Waals surface area contributed by atoms with Gasteiger partial charge in [0, 0.05) is 5.92 Å². The predicted molar refractivity (Wildman–Crippen MR) is 98.1 cm³/mol. The molecule has 0 saturated carbocycles. The largest absolute Gasteiger partial charge is 0.197 e. The standard InChI is InChI=1S/C23H20N2/c1-14-9-10-18-20(12-24)15(2)16(3)23(13-25)21(11-19(14)22(18)23)17-7-5-4-6-8-17/h4-10,20-21H,11H2,1-3H3. The smallest absolute Gasteiger partial charge is 0.111 e. The molecule has 0 bridgehead atoms. The summed E-state index contributed by atoms with van der Waals surface area (Å²) in [5.74, 6) is -0.145. The van der Waals surface area contributed by atoms with Crippen LogP contribution >= 0.6 is 0 Å². The molecule has 2 aromatic carbocycles. The van der Waals surface area contributed by atoms with Crippen molar-refractivity contribution in [2.75, 3.05) is 0 Å². The Morgan fingerprint density at radius 1 is 1.00 bits per heavy atom. The Morgan fingerprint density at radius 2 is 1.72 bits per heavy atom. The van der Waals surface area contributed by atoms with Gasteiger partial charge in [0.05, 0.1) is 18.1 Å². The van der Waals surface area contributed by atoms with Gasteiger partial charge in [-0.3, -0.25) is 0 Å². The highest BCUT2D eigenvalue weighted by Crippen LogP contribution is 2.59. The highest BCUT2D eigenvalue weighted by Gasteiger charge is 2.54. The van der Waals surface area contributed by atoms with Crippen LogP contribution in [0.15, 0.2) is 53.6 Å². The average molecular weight is 324 g/mol. The fraction of sp³-hybridized carbons (Fsp3) is 0.304. The molecule has 4 rings (SSSR count). The van der Waals surface area contributed by atoms with Crippen molar-refractivity contribution in [3.63, 3.8) is 0 Å². The summed E-state index contributed by atoms with van der Waals surface area (Å²) in [6.07, 6.45) is 0.856. The normalized spacial score (nSPS) is 26.8. The van der Waals surface area contributed by atoms with Crippen molar-refractivity contribution >= 4 is 0 Å². The van der Waals surface area contributed by atoms with Crippen molar-refractivity contribution in [1.82, 2.24) is 0 Å². The Hall–Kier alpha value is -2.84. The summed E-state index contributed by atoms with van der Waals surface area (Å²) in [5, 5.41) is 20.2. The summed E-state index contributed by atoms with van der Waals surface area (Å²) < 4.78 is 0. The number of hydrogen-bond acceptors (Lipinski definition) is 2. The molecule has 0 aromatic heterocycles. The zero-order chi connectivity index (χ0) is 17.8. The van der Waals surface area contributed by atoms with Crippen LogP contribution in [-0.2, 0) is 11.8 Å². The van der Waals surface area contributed by atoms with Gasteiger partial charge in [0.1, 0.15) is 5.41 Å². The molecule has 0 heterocycles. The number of hydrogen-bond donors (Lipinski definition) is 0. The molecule has 3 atom stereocenters. The van der Waals surface area contributed by atoms with Crippen LogP contribution in [0.5, 0.6) is 0 Å². The topological polar surface area (TPSA) is 47.6 Å². The van der Waals surface area contributed by atoms with Gasteiger partial charge in [-0.05, 0) is 60.6 Å². The molecule has 2 aromatic rings. The van der Waals surface area contributed by atoms with Gasteiger partial charge in [-0.25, -0.2) is 0 Å². The molecule has 2 heteroatoms. The second kappa shape index (κ2) is 5.33. The van der Waals surface area contributed by atoms with E-state index in [1.165, 1.54) is 16.7 Å². The van der Waals surface area contributed by atoms with E-state index in [0.29, 0.717) is 0 Å². The van der Waals surface area contributed by atoms with E-state index in [-0.39, 0.29) is 11.8 Å². The minimum atomic E-state index is -0.657. The number of nitrogens with zero attached hydrogens (tertiary/aromatic N) is 2. The van der Waals surface area contributed by atoms with Gasteiger partial charge in [0.15, 0.2) is 0 Å². The van der Waals surface area contributed by atoms with Gasteiger partial charge in [0.2, 0.25) is 0 Å². The SMILES string of the molecule is CC1=C(C)C2(C#N)c3c(ccc(C)c3CC2c2ccccc2)C1C#N. The molecule has 25 heavy (non-hydrogen) atoms. The predicted octanol–water partition coefficient (Wildman–Crippen LogP) is 5.05. The van der Waals surface area contributed by atoms with Crippen molar-refractivity contribution in [1.29, 1.82) is 10.5 Å². The summed E-state index contributed by atoms with van der Waals surface area (Å²) >= 11 is 0. The van der Waals surface area contributed by atoms with E-state index < -0.39 is 5.41 Å². The van der Waals surface area contributed by atoms with Crippen LogP contribution in [0.4, 0.5) is 0 Å². The molecule has 0 saturated heterocycles. The monoisotopic (exact) mass is 324 g/mol. The first-order valence-electron chi connectivity index (χ1n) is 8.72. The average Bonchev–Trinajstić information content (AvgIpc) is 3.01. The molecule has 0 radical (unpaired) electrons. The lowest BCUT2D eigenvalue weighted by atomic mass is 9.61. The minimum Gasteiger partial charge on any atom is -0.197 e. The van der Waals surface area contributed by atoms with Crippen LogP contribution in [0.1, 0.15) is 53.5 Å². The van der Waals surface area contributed by atoms with Crippen molar-refractivity contribution in [2.45, 2.75) is 44.4 Å². The number of allylic oxidation sites excluding steroid dienone is 2. The molecule has 0 amide bonds. The third-order valence-corrected chi connectivity index (χ3v) is 6.34. The fourth-order valence-corrected chi connectivity index (χ4v) is 4.92. The summed E-state index contributed by atoms with van der Waals surface area (Å²) in [4.78, 5) is 0. The third kappa shape index (κ3) is 1.83. The van der Waals surface area contributed by atoms with Crippen LogP contribution in [-0.4, -0.2) is 0 Å². The fourth-order valence-electron chi connectivity index (χ4n) is 4.92. The van der Waals surface area contributed by atoms with Gasteiger partial charge >= 0.3 is 0 Å². The molecule has 0 N–H and O–H groups in total. The van der Waals surface area contributed by atoms with E-state index in [4.69, 9.17) is 0 Å². The van der Waals surface area contributed by atoms with E-state index in [2.05, 4.69) is 50.3 Å². The van der Waals surface area contributed by atoms with Crippen molar-refractivity contribution < 1.29 is 0 Å². The molecule has 3 unspecified atom stereocenters. The number of benzene rings is 2. The number of aryl methyl sites for hydroxylation is 1. The summed E-state index contributed by atoms with van der Waals surface area (Å²) in [6.45, 7) is 6.19. The zero-order valence-corrected chi connectivity index (χ0v) is 14.8.